The highest BCUT2D eigenvalue weighted by molar-refractivity contribution is 7.98. The van der Waals surface area contributed by atoms with Crippen LogP contribution in [0.1, 0.15) is 31.8 Å². The Labute approximate surface area is 118 Å². The summed E-state index contributed by atoms with van der Waals surface area (Å²) in [6, 6.07) is 0.0838. The van der Waals surface area contributed by atoms with Crippen molar-refractivity contribution in [1.29, 1.82) is 0 Å². The molecule has 0 unspecified atom stereocenters. The van der Waals surface area contributed by atoms with Gasteiger partial charge in [0, 0.05) is 12.6 Å². The number of hydrogen-bond donors (Lipinski definition) is 2. The number of rotatable bonds is 6. The molecule has 9 heteroatoms. The number of nitrogens with zero attached hydrogens (tertiary/aromatic N) is 4. The van der Waals surface area contributed by atoms with Gasteiger partial charge in [-0.05, 0) is 20.8 Å². The van der Waals surface area contributed by atoms with E-state index in [4.69, 9.17) is 0 Å². The van der Waals surface area contributed by atoms with Crippen molar-refractivity contribution in [3.63, 3.8) is 0 Å². The van der Waals surface area contributed by atoms with Crippen LogP contribution >= 0.6 is 23.1 Å². The van der Waals surface area contributed by atoms with Crippen LogP contribution in [0, 0.1) is 0 Å². The van der Waals surface area contributed by atoms with Gasteiger partial charge in [0.2, 0.25) is 5.13 Å². The summed E-state index contributed by atoms with van der Waals surface area (Å²) in [5.41, 5.74) is -0.178. The third kappa shape index (κ3) is 3.35. The minimum absolute atomic E-state index is 0.0838. The summed E-state index contributed by atoms with van der Waals surface area (Å²) in [5.74, 6) is 0.653. The highest BCUT2D eigenvalue weighted by Gasteiger charge is 2.13. The molecule has 19 heavy (non-hydrogen) atoms. The summed E-state index contributed by atoms with van der Waals surface area (Å²) >= 11 is 3.00. The number of nitrogens with one attached hydrogen (secondary N) is 2. The fraction of sp³-hybridized carbons (Fsp3) is 0.600. The molecular formula is C10H16N6OS2. The van der Waals surface area contributed by atoms with E-state index in [-0.39, 0.29) is 11.7 Å². The Balaban J connectivity index is 2.04. The predicted molar refractivity (Wildman–Crippen MR) is 76.9 cm³/mol. The zero-order valence-electron chi connectivity index (χ0n) is 11.0. The van der Waals surface area contributed by atoms with Gasteiger partial charge in [-0.25, -0.2) is 9.89 Å². The molecular weight excluding hydrogens is 284 g/mol. The molecule has 104 valence electrons. The molecule has 0 spiro atoms. The van der Waals surface area contributed by atoms with Crippen molar-refractivity contribution in [2.24, 2.45) is 0 Å². The SMILES string of the molecule is CCNc1nnc(CSc2n[nH]c(=O)n2C(C)C)s1. The maximum Gasteiger partial charge on any atom is 0.344 e. The zero-order valence-corrected chi connectivity index (χ0v) is 12.6. The summed E-state index contributed by atoms with van der Waals surface area (Å²) in [4.78, 5) is 11.6. The molecule has 0 aliphatic carbocycles. The lowest BCUT2D eigenvalue weighted by Crippen LogP contribution is -2.19. The summed E-state index contributed by atoms with van der Waals surface area (Å²) in [5, 5.41) is 20.1. The molecule has 0 aromatic carbocycles. The van der Waals surface area contributed by atoms with Gasteiger partial charge in [-0.15, -0.1) is 15.3 Å². The van der Waals surface area contributed by atoms with E-state index in [2.05, 4.69) is 25.7 Å². The predicted octanol–water partition coefficient (Wildman–Crippen LogP) is 1.73. The Morgan fingerprint density at radius 3 is 2.95 bits per heavy atom. The molecule has 0 atom stereocenters. The van der Waals surface area contributed by atoms with E-state index < -0.39 is 0 Å². The monoisotopic (exact) mass is 300 g/mol. The van der Waals surface area contributed by atoms with Crippen molar-refractivity contribution < 1.29 is 0 Å². The Bertz CT molecular complexity index is 587. The fourth-order valence-electron chi connectivity index (χ4n) is 1.51. The molecule has 0 fully saturated rings. The van der Waals surface area contributed by atoms with Crippen LogP contribution < -0.4 is 11.0 Å². The molecule has 0 saturated heterocycles. The molecule has 7 nitrogen and oxygen atoms in total. The van der Waals surface area contributed by atoms with E-state index in [1.165, 1.54) is 23.1 Å². The zero-order chi connectivity index (χ0) is 13.8. The van der Waals surface area contributed by atoms with Gasteiger partial charge in [0.15, 0.2) is 5.16 Å². The topological polar surface area (TPSA) is 88.5 Å². The molecule has 0 saturated carbocycles. The van der Waals surface area contributed by atoms with Crippen LogP contribution in [0.2, 0.25) is 0 Å². The third-order valence-corrected chi connectivity index (χ3v) is 4.34. The Morgan fingerprint density at radius 1 is 1.47 bits per heavy atom. The summed E-state index contributed by atoms with van der Waals surface area (Å²) in [6.45, 7) is 6.75. The van der Waals surface area contributed by atoms with Crippen molar-refractivity contribution in [3.05, 3.63) is 15.5 Å². The molecule has 0 amide bonds. The first-order valence-corrected chi connectivity index (χ1v) is 7.78. The van der Waals surface area contributed by atoms with Crippen molar-refractivity contribution in [1.82, 2.24) is 25.0 Å². The minimum atomic E-state index is -0.178. The van der Waals surface area contributed by atoms with Gasteiger partial charge in [-0.3, -0.25) is 4.57 Å². The largest absolute Gasteiger partial charge is 0.360 e. The second kappa shape index (κ2) is 6.20. The Morgan fingerprint density at radius 2 is 2.26 bits per heavy atom. The van der Waals surface area contributed by atoms with E-state index in [9.17, 15) is 4.79 Å². The Hall–Kier alpha value is -1.35. The van der Waals surface area contributed by atoms with Gasteiger partial charge >= 0.3 is 5.69 Å². The van der Waals surface area contributed by atoms with Crippen LogP contribution in [-0.4, -0.2) is 31.5 Å². The average molecular weight is 300 g/mol. The standard InChI is InChI=1S/C10H16N6OS2/c1-4-11-8-13-12-7(19-8)5-18-10-15-14-9(17)16(10)6(2)3/h6H,4-5H2,1-3H3,(H,11,13)(H,14,17). The molecule has 0 aliphatic heterocycles. The highest BCUT2D eigenvalue weighted by atomic mass is 32.2. The van der Waals surface area contributed by atoms with E-state index in [1.807, 2.05) is 20.8 Å². The number of hydrogen-bond acceptors (Lipinski definition) is 7. The van der Waals surface area contributed by atoms with Crippen molar-refractivity contribution in [2.75, 3.05) is 11.9 Å². The summed E-state index contributed by atoms with van der Waals surface area (Å²) in [6.07, 6.45) is 0. The number of aromatic nitrogens is 5. The average Bonchev–Trinajstić information content (AvgIpc) is 2.94. The molecule has 0 aliphatic rings. The van der Waals surface area contributed by atoms with E-state index >= 15 is 0 Å². The number of anilines is 1. The van der Waals surface area contributed by atoms with Gasteiger partial charge in [-0.2, -0.15) is 0 Å². The van der Waals surface area contributed by atoms with E-state index in [1.54, 1.807) is 4.57 Å². The van der Waals surface area contributed by atoms with Crippen LogP contribution in [0.5, 0.6) is 0 Å². The normalized spacial score (nSPS) is 11.2. The second-order valence-electron chi connectivity index (χ2n) is 4.10. The van der Waals surface area contributed by atoms with Gasteiger partial charge in [0.05, 0.1) is 5.75 Å². The number of H-pyrrole nitrogens is 1. The molecule has 0 bridgehead atoms. The van der Waals surface area contributed by atoms with Gasteiger partial charge in [0.25, 0.3) is 0 Å². The quantitative estimate of drug-likeness (QED) is 0.790. The smallest absolute Gasteiger partial charge is 0.344 e. The van der Waals surface area contributed by atoms with E-state index in [0.29, 0.717) is 10.9 Å². The maximum absolute atomic E-state index is 11.6. The summed E-state index contributed by atoms with van der Waals surface area (Å²) in [7, 11) is 0. The van der Waals surface area contributed by atoms with Crippen molar-refractivity contribution in [2.45, 2.75) is 37.7 Å². The van der Waals surface area contributed by atoms with Gasteiger partial charge in [-0.1, -0.05) is 23.1 Å². The summed E-state index contributed by atoms with van der Waals surface area (Å²) < 4.78 is 1.64. The number of thioether (sulfide) groups is 1. The lowest BCUT2D eigenvalue weighted by atomic mass is 10.4. The first kappa shape index (κ1) is 14.1. The molecule has 0 radical (unpaired) electrons. The Kier molecular flexibility index (Phi) is 4.59. The van der Waals surface area contributed by atoms with Gasteiger partial charge < -0.3 is 5.32 Å². The van der Waals surface area contributed by atoms with Crippen LogP contribution in [0.3, 0.4) is 0 Å². The second-order valence-corrected chi connectivity index (χ2v) is 6.10. The van der Waals surface area contributed by atoms with Crippen molar-refractivity contribution in [3.8, 4) is 0 Å². The maximum atomic E-state index is 11.6. The van der Waals surface area contributed by atoms with Gasteiger partial charge in [0.1, 0.15) is 5.01 Å². The lowest BCUT2D eigenvalue weighted by Gasteiger charge is -2.07. The molecule has 2 rings (SSSR count). The third-order valence-electron chi connectivity index (χ3n) is 2.31. The van der Waals surface area contributed by atoms with Crippen LogP contribution in [-0.2, 0) is 5.75 Å². The molecule has 2 heterocycles. The fourth-order valence-corrected chi connectivity index (χ4v) is 3.38. The van der Waals surface area contributed by atoms with Crippen molar-refractivity contribution >= 4 is 28.2 Å². The first-order valence-electron chi connectivity index (χ1n) is 5.97. The van der Waals surface area contributed by atoms with E-state index in [0.717, 1.165) is 16.7 Å². The molecule has 2 aromatic heterocycles. The minimum Gasteiger partial charge on any atom is -0.360 e. The molecule has 2 aromatic rings. The molecule has 2 N–H and O–H groups in total. The lowest BCUT2D eigenvalue weighted by molar-refractivity contribution is 0.534. The first-order chi connectivity index (χ1) is 9.11. The van der Waals surface area contributed by atoms with Crippen LogP contribution in [0.15, 0.2) is 9.95 Å². The highest BCUT2D eigenvalue weighted by Crippen LogP contribution is 2.24. The van der Waals surface area contributed by atoms with Crippen LogP contribution in [0.4, 0.5) is 5.13 Å². The number of aromatic amines is 1. The van der Waals surface area contributed by atoms with Crippen LogP contribution in [0.25, 0.3) is 0 Å².